The Morgan fingerprint density at radius 3 is 2.62 bits per heavy atom. The number of rotatable bonds is 2. The Hall–Kier alpha value is -2.23. The van der Waals surface area contributed by atoms with Crippen LogP contribution in [-0.4, -0.2) is 15.8 Å². The monoisotopic (exact) mass is 213 g/mol. The Labute approximate surface area is 93.2 Å². The number of carbonyl (C=O) groups excluding carboxylic acids is 1. The smallest absolute Gasteiger partial charge is 0.196 e. The van der Waals surface area contributed by atoms with E-state index in [1.165, 1.54) is 18.7 Å². The van der Waals surface area contributed by atoms with E-state index in [9.17, 15) is 4.79 Å². The van der Waals surface area contributed by atoms with Gasteiger partial charge in [-0.25, -0.2) is 9.97 Å². The third-order valence-electron chi connectivity index (χ3n) is 2.44. The van der Waals surface area contributed by atoms with Gasteiger partial charge in [-0.1, -0.05) is 12.1 Å². The molecule has 0 aliphatic carbocycles. The Morgan fingerprint density at radius 1 is 1.25 bits per heavy atom. The minimum atomic E-state index is -0.106. The van der Waals surface area contributed by atoms with E-state index in [1.807, 2.05) is 6.92 Å². The van der Waals surface area contributed by atoms with Crippen molar-refractivity contribution in [1.82, 2.24) is 9.97 Å². The molecule has 0 bridgehead atoms. The molecule has 80 valence electrons. The number of nitrogen functional groups attached to an aromatic ring is 1. The maximum atomic E-state index is 12.1. The Morgan fingerprint density at radius 2 is 1.94 bits per heavy atom. The molecule has 0 saturated heterocycles. The summed E-state index contributed by atoms with van der Waals surface area (Å²) < 4.78 is 0. The number of ketones is 1. The standard InChI is InChI=1S/C12H11N3O/c1-8-10(3-2-4-11(8)13)12(16)9-5-14-7-15-6-9/h2-7H,13H2,1H3. The molecule has 1 heterocycles. The zero-order valence-electron chi connectivity index (χ0n) is 8.84. The number of hydrogen-bond acceptors (Lipinski definition) is 4. The topological polar surface area (TPSA) is 68.9 Å². The fourth-order valence-electron chi connectivity index (χ4n) is 1.47. The average Bonchev–Trinajstić information content (AvgIpc) is 2.33. The van der Waals surface area contributed by atoms with Gasteiger partial charge in [0.25, 0.3) is 0 Å². The zero-order chi connectivity index (χ0) is 11.5. The second-order valence-electron chi connectivity index (χ2n) is 3.48. The summed E-state index contributed by atoms with van der Waals surface area (Å²) in [5, 5.41) is 0. The molecule has 2 N–H and O–H groups in total. The summed E-state index contributed by atoms with van der Waals surface area (Å²) in [6.07, 6.45) is 4.39. The largest absolute Gasteiger partial charge is 0.398 e. The highest BCUT2D eigenvalue weighted by atomic mass is 16.1. The molecule has 0 atom stereocenters. The van der Waals surface area contributed by atoms with Gasteiger partial charge in [-0.15, -0.1) is 0 Å². The van der Waals surface area contributed by atoms with Gasteiger partial charge in [-0.3, -0.25) is 4.79 Å². The van der Waals surface area contributed by atoms with E-state index < -0.39 is 0 Å². The highest BCUT2D eigenvalue weighted by Gasteiger charge is 2.12. The van der Waals surface area contributed by atoms with E-state index in [-0.39, 0.29) is 5.78 Å². The Balaban J connectivity index is 2.46. The number of anilines is 1. The van der Waals surface area contributed by atoms with E-state index >= 15 is 0 Å². The minimum Gasteiger partial charge on any atom is -0.398 e. The highest BCUT2D eigenvalue weighted by molar-refractivity contribution is 6.10. The summed E-state index contributed by atoms with van der Waals surface area (Å²) in [5.41, 5.74) is 8.22. The van der Waals surface area contributed by atoms with Gasteiger partial charge in [0, 0.05) is 23.6 Å². The van der Waals surface area contributed by atoms with Crippen LogP contribution >= 0.6 is 0 Å². The van der Waals surface area contributed by atoms with E-state index in [4.69, 9.17) is 5.73 Å². The fraction of sp³-hybridized carbons (Fsp3) is 0.0833. The molecule has 0 spiro atoms. The first-order valence-electron chi connectivity index (χ1n) is 4.85. The molecule has 4 heteroatoms. The molecule has 2 rings (SSSR count). The van der Waals surface area contributed by atoms with Crippen molar-refractivity contribution in [3.05, 3.63) is 53.6 Å². The van der Waals surface area contributed by atoms with Crippen LogP contribution in [0.1, 0.15) is 21.5 Å². The van der Waals surface area contributed by atoms with Gasteiger partial charge in [0.05, 0.1) is 5.56 Å². The third-order valence-corrected chi connectivity index (χ3v) is 2.44. The molecular formula is C12H11N3O. The lowest BCUT2D eigenvalue weighted by Gasteiger charge is -2.06. The van der Waals surface area contributed by atoms with Crippen molar-refractivity contribution in [2.75, 3.05) is 5.73 Å². The van der Waals surface area contributed by atoms with Crippen LogP contribution in [0, 0.1) is 6.92 Å². The summed E-state index contributed by atoms with van der Waals surface area (Å²) in [7, 11) is 0. The van der Waals surface area contributed by atoms with Crippen LogP contribution in [0.25, 0.3) is 0 Å². The predicted octanol–water partition coefficient (Wildman–Crippen LogP) is 1.60. The lowest BCUT2D eigenvalue weighted by molar-refractivity contribution is 0.103. The molecular weight excluding hydrogens is 202 g/mol. The summed E-state index contributed by atoms with van der Waals surface area (Å²) in [5.74, 6) is -0.106. The molecule has 1 aromatic carbocycles. The molecule has 0 amide bonds. The number of aromatic nitrogens is 2. The molecule has 1 aromatic heterocycles. The van der Waals surface area contributed by atoms with Crippen molar-refractivity contribution < 1.29 is 4.79 Å². The van der Waals surface area contributed by atoms with Crippen LogP contribution in [0.2, 0.25) is 0 Å². The molecule has 0 saturated carbocycles. The number of benzene rings is 1. The normalized spacial score (nSPS) is 10.1. The van der Waals surface area contributed by atoms with Crippen molar-refractivity contribution in [1.29, 1.82) is 0 Å². The summed E-state index contributed by atoms with van der Waals surface area (Å²) in [6.45, 7) is 1.83. The van der Waals surface area contributed by atoms with Gasteiger partial charge in [-0.2, -0.15) is 0 Å². The third kappa shape index (κ3) is 1.77. The first-order valence-corrected chi connectivity index (χ1v) is 4.85. The first kappa shape index (κ1) is 10.3. The van der Waals surface area contributed by atoms with E-state index in [2.05, 4.69) is 9.97 Å². The SMILES string of the molecule is Cc1c(N)cccc1C(=O)c1cncnc1. The first-order chi connectivity index (χ1) is 7.70. The lowest BCUT2D eigenvalue weighted by atomic mass is 10.00. The zero-order valence-corrected chi connectivity index (χ0v) is 8.84. The quantitative estimate of drug-likeness (QED) is 0.607. The van der Waals surface area contributed by atoms with Gasteiger partial charge in [0.2, 0.25) is 0 Å². The molecule has 16 heavy (non-hydrogen) atoms. The molecule has 0 fully saturated rings. The van der Waals surface area contributed by atoms with Crippen LogP contribution in [0.4, 0.5) is 5.69 Å². The van der Waals surface area contributed by atoms with Gasteiger partial charge < -0.3 is 5.73 Å². The van der Waals surface area contributed by atoms with E-state index in [1.54, 1.807) is 18.2 Å². The summed E-state index contributed by atoms with van der Waals surface area (Å²) in [4.78, 5) is 19.7. The van der Waals surface area contributed by atoms with Crippen molar-refractivity contribution in [2.45, 2.75) is 6.92 Å². The maximum Gasteiger partial charge on any atom is 0.196 e. The van der Waals surface area contributed by atoms with Crippen LogP contribution in [-0.2, 0) is 0 Å². The van der Waals surface area contributed by atoms with Crippen LogP contribution < -0.4 is 5.73 Å². The van der Waals surface area contributed by atoms with Gasteiger partial charge in [-0.05, 0) is 18.6 Å². The average molecular weight is 213 g/mol. The maximum absolute atomic E-state index is 12.1. The fourth-order valence-corrected chi connectivity index (χ4v) is 1.47. The molecule has 0 aliphatic rings. The number of carbonyl (C=O) groups is 1. The number of hydrogen-bond donors (Lipinski definition) is 1. The predicted molar refractivity (Wildman–Crippen MR) is 61.1 cm³/mol. The molecule has 2 aromatic rings. The van der Waals surface area contributed by atoms with E-state index in [0.29, 0.717) is 16.8 Å². The summed E-state index contributed by atoms with van der Waals surface area (Å²) in [6, 6.07) is 5.29. The van der Waals surface area contributed by atoms with Crippen molar-refractivity contribution in [2.24, 2.45) is 0 Å². The lowest BCUT2D eigenvalue weighted by Crippen LogP contribution is -2.06. The second kappa shape index (κ2) is 4.10. The van der Waals surface area contributed by atoms with Crippen LogP contribution in [0.5, 0.6) is 0 Å². The molecule has 0 aliphatic heterocycles. The second-order valence-corrected chi connectivity index (χ2v) is 3.48. The van der Waals surface area contributed by atoms with Crippen LogP contribution in [0.3, 0.4) is 0 Å². The number of nitrogens with zero attached hydrogens (tertiary/aromatic N) is 2. The van der Waals surface area contributed by atoms with Crippen molar-refractivity contribution in [3.8, 4) is 0 Å². The van der Waals surface area contributed by atoms with Gasteiger partial charge in [0.15, 0.2) is 5.78 Å². The molecule has 0 radical (unpaired) electrons. The van der Waals surface area contributed by atoms with Gasteiger partial charge >= 0.3 is 0 Å². The summed E-state index contributed by atoms with van der Waals surface area (Å²) >= 11 is 0. The molecule has 0 unspecified atom stereocenters. The molecule has 4 nitrogen and oxygen atoms in total. The van der Waals surface area contributed by atoms with Crippen molar-refractivity contribution >= 4 is 11.5 Å². The highest BCUT2D eigenvalue weighted by Crippen LogP contribution is 2.18. The Kier molecular flexibility index (Phi) is 2.64. The number of nitrogens with two attached hydrogens (primary N) is 1. The van der Waals surface area contributed by atoms with Crippen LogP contribution in [0.15, 0.2) is 36.9 Å². The minimum absolute atomic E-state index is 0.106. The van der Waals surface area contributed by atoms with E-state index in [0.717, 1.165) is 5.56 Å². The van der Waals surface area contributed by atoms with Crippen molar-refractivity contribution in [3.63, 3.8) is 0 Å². The van der Waals surface area contributed by atoms with Gasteiger partial charge in [0.1, 0.15) is 6.33 Å². The Bertz CT molecular complexity index is 523.